The number of nitrogens with one attached hydrogen (secondary N) is 2. The van der Waals surface area contributed by atoms with Crippen molar-refractivity contribution in [1.82, 2.24) is 20.2 Å². The molecule has 0 radical (unpaired) electrons. The van der Waals surface area contributed by atoms with E-state index in [2.05, 4.69) is 33.7 Å². The van der Waals surface area contributed by atoms with Crippen LogP contribution >= 0.6 is 0 Å². The fraction of sp³-hybridized carbons (Fsp3) is 0.824. The van der Waals surface area contributed by atoms with Gasteiger partial charge >= 0.3 is 0 Å². The lowest BCUT2D eigenvalue weighted by Gasteiger charge is -2.34. The van der Waals surface area contributed by atoms with Crippen LogP contribution in [0.5, 0.6) is 0 Å². The van der Waals surface area contributed by atoms with E-state index in [9.17, 15) is 0 Å². The van der Waals surface area contributed by atoms with Crippen molar-refractivity contribution >= 4 is 0 Å². The lowest BCUT2D eigenvalue weighted by molar-refractivity contribution is -1.03. The van der Waals surface area contributed by atoms with Crippen molar-refractivity contribution in [2.24, 2.45) is 0 Å². The van der Waals surface area contributed by atoms with E-state index >= 15 is 0 Å². The van der Waals surface area contributed by atoms with E-state index in [0.717, 1.165) is 18.8 Å². The van der Waals surface area contributed by atoms with E-state index in [1.54, 1.807) is 9.80 Å². The molecule has 0 spiro atoms. The minimum Gasteiger partial charge on any atom is -0.322 e. The maximum absolute atomic E-state index is 4.45. The zero-order chi connectivity index (χ0) is 16.1. The first kappa shape index (κ1) is 16.6. The Morgan fingerprint density at radius 1 is 1.22 bits per heavy atom. The molecule has 2 heterocycles. The predicted octanol–water partition coefficient (Wildman–Crippen LogP) is -0.401. The van der Waals surface area contributed by atoms with Gasteiger partial charge in [0.1, 0.15) is 32.2 Å². The highest BCUT2D eigenvalue weighted by molar-refractivity contribution is 4.90. The quantitative estimate of drug-likeness (QED) is 0.701. The molecule has 1 saturated heterocycles. The van der Waals surface area contributed by atoms with Gasteiger partial charge in [-0.2, -0.15) is 0 Å². The monoisotopic (exact) mass is 320 g/mol. The number of hydrogen-bond acceptors (Lipinski definition) is 3. The van der Waals surface area contributed by atoms with Gasteiger partial charge in [0.2, 0.25) is 5.82 Å². The predicted molar refractivity (Wildman–Crippen MR) is 89.4 cm³/mol. The summed E-state index contributed by atoms with van der Waals surface area (Å²) in [6.07, 6.45) is 9.63. The summed E-state index contributed by atoms with van der Waals surface area (Å²) in [5, 5.41) is 12.9. The fourth-order valence-electron chi connectivity index (χ4n) is 4.35. The molecule has 2 N–H and O–H groups in total. The number of piperazine rings is 1. The van der Waals surface area contributed by atoms with E-state index in [4.69, 9.17) is 0 Å². The minimum absolute atomic E-state index is 0.442. The summed E-state index contributed by atoms with van der Waals surface area (Å²) in [7, 11) is 0. The molecule has 1 aliphatic heterocycles. The summed E-state index contributed by atoms with van der Waals surface area (Å²) in [4.78, 5) is 3.32. The Kier molecular flexibility index (Phi) is 5.78. The molecule has 0 aromatic carbocycles. The maximum atomic E-state index is 4.45. The molecule has 1 atom stereocenters. The number of aromatic nitrogens is 4. The zero-order valence-electron chi connectivity index (χ0n) is 14.5. The normalized spacial score (nSPS) is 27.7. The molecule has 3 rings (SSSR count). The molecule has 1 aromatic rings. The second-order valence-electron chi connectivity index (χ2n) is 7.14. The molecule has 6 heteroatoms. The molecule has 23 heavy (non-hydrogen) atoms. The largest absolute Gasteiger partial charge is 0.322 e. The summed E-state index contributed by atoms with van der Waals surface area (Å²) in [6.45, 7) is 12.1. The smallest absolute Gasteiger partial charge is 0.209 e. The van der Waals surface area contributed by atoms with Crippen molar-refractivity contribution in [3.05, 3.63) is 18.5 Å². The highest BCUT2D eigenvalue weighted by atomic mass is 15.6. The van der Waals surface area contributed by atoms with Crippen LogP contribution in [-0.2, 0) is 0 Å². The molecule has 128 valence electrons. The van der Waals surface area contributed by atoms with Crippen LogP contribution in [0.2, 0.25) is 0 Å². The summed E-state index contributed by atoms with van der Waals surface area (Å²) in [5.41, 5.74) is 0. The maximum Gasteiger partial charge on any atom is 0.209 e. The third-order valence-electron chi connectivity index (χ3n) is 5.68. The topological polar surface area (TPSA) is 52.5 Å². The van der Waals surface area contributed by atoms with Crippen molar-refractivity contribution < 1.29 is 9.80 Å². The molecule has 2 fully saturated rings. The molecule has 1 saturated carbocycles. The van der Waals surface area contributed by atoms with Crippen molar-refractivity contribution in [2.75, 3.05) is 32.7 Å². The van der Waals surface area contributed by atoms with E-state index in [1.807, 2.05) is 6.08 Å². The third kappa shape index (κ3) is 3.80. The molecule has 6 nitrogen and oxygen atoms in total. The molecule has 0 bridgehead atoms. The zero-order valence-corrected chi connectivity index (χ0v) is 14.5. The van der Waals surface area contributed by atoms with Gasteiger partial charge in [-0.3, -0.25) is 0 Å². The Morgan fingerprint density at radius 2 is 1.96 bits per heavy atom. The summed E-state index contributed by atoms with van der Waals surface area (Å²) < 4.78 is 2.17. The van der Waals surface area contributed by atoms with Gasteiger partial charge in [0, 0.05) is 6.42 Å². The Balaban J connectivity index is 1.69. The summed E-state index contributed by atoms with van der Waals surface area (Å²) >= 11 is 0. The summed E-state index contributed by atoms with van der Waals surface area (Å²) in [5.74, 6) is 1.13. The van der Waals surface area contributed by atoms with Crippen molar-refractivity contribution in [1.29, 1.82) is 0 Å². The Hall–Kier alpha value is -1.27. The van der Waals surface area contributed by atoms with E-state index in [1.165, 1.54) is 58.3 Å². The van der Waals surface area contributed by atoms with Gasteiger partial charge in [-0.15, -0.1) is 5.10 Å². The fourth-order valence-corrected chi connectivity index (χ4v) is 4.35. The molecule has 2 aliphatic rings. The molecule has 0 unspecified atom stereocenters. The lowest BCUT2D eigenvalue weighted by Crippen LogP contribution is -3.28. The Labute approximate surface area is 139 Å². The van der Waals surface area contributed by atoms with Crippen LogP contribution in [0.15, 0.2) is 12.7 Å². The number of hydrogen-bond donors (Lipinski definition) is 2. The first-order valence-corrected chi connectivity index (χ1v) is 9.40. The standard InChI is InChI=1S/C17H30N6/c1-3-10-21-11-13-22(14-12-21)16(4-2)17-18-19-20-23(17)15-8-6-5-7-9-15/h3,15-16H,1,4-14H2,2H3/p+2/t16-/m1/s1. The molecule has 1 aromatic heterocycles. The number of rotatable bonds is 6. The molecular formula is C17H32N6+2. The van der Waals surface area contributed by atoms with Gasteiger partial charge in [0.15, 0.2) is 0 Å². The Bertz CT molecular complexity index is 485. The first-order valence-electron chi connectivity index (χ1n) is 9.40. The van der Waals surface area contributed by atoms with Crippen LogP contribution in [0.4, 0.5) is 0 Å². The second kappa shape index (κ2) is 8.02. The van der Waals surface area contributed by atoms with Crippen molar-refractivity contribution in [3.8, 4) is 0 Å². The Morgan fingerprint density at radius 3 is 2.61 bits per heavy atom. The van der Waals surface area contributed by atoms with Gasteiger partial charge in [-0.25, -0.2) is 4.68 Å². The average Bonchev–Trinajstić information content (AvgIpc) is 3.08. The third-order valence-corrected chi connectivity index (χ3v) is 5.68. The van der Waals surface area contributed by atoms with E-state index in [0.29, 0.717) is 12.1 Å². The van der Waals surface area contributed by atoms with Crippen molar-refractivity contribution in [3.63, 3.8) is 0 Å². The highest BCUT2D eigenvalue weighted by Gasteiger charge is 2.34. The van der Waals surface area contributed by atoms with Crippen LogP contribution in [0.1, 0.15) is 63.4 Å². The van der Waals surface area contributed by atoms with Crippen LogP contribution in [0.25, 0.3) is 0 Å². The van der Waals surface area contributed by atoms with Crippen LogP contribution in [-0.4, -0.2) is 52.9 Å². The number of tetrazole rings is 1. The first-order chi connectivity index (χ1) is 11.3. The van der Waals surface area contributed by atoms with Gasteiger partial charge in [0.25, 0.3) is 0 Å². The molecule has 0 amide bonds. The number of nitrogens with zero attached hydrogens (tertiary/aromatic N) is 4. The summed E-state index contributed by atoms with van der Waals surface area (Å²) in [6, 6.07) is 0.965. The highest BCUT2D eigenvalue weighted by Crippen LogP contribution is 2.29. The van der Waals surface area contributed by atoms with Crippen molar-refractivity contribution in [2.45, 2.75) is 57.5 Å². The average molecular weight is 320 g/mol. The van der Waals surface area contributed by atoms with Gasteiger partial charge in [-0.05, 0) is 29.3 Å². The van der Waals surface area contributed by atoms with Crippen LogP contribution in [0, 0.1) is 0 Å². The van der Waals surface area contributed by atoms with Gasteiger partial charge < -0.3 is 9.80 Å². The van der Waals surface area contributed by atoms with Gasteiger partial charge in [-0.1, -0.05) is 32.8 Å². The van der Waals surface area contributed by atoms with E-state index in [-0.39, 0.29) is 0 Å². The minimum atomic E-state index is 0.442. The van der Waals surface area contributed by atoms with E-state index < -0.39 is 0 Å². The lowest BCUT2D eigenvalue weighted by atomic mass is 9.95. The SMILES string of the molecule is C=CC[NH+]1CC[NH+]([C@H](CC)c2nnnn2C2CCCCC2)CC1. The second-order valence-corrected chi connectivity index (χ2v) is 7.14. The van der Waals surface area contributed by atoms with Gasteiger partial charge in [0.05, 0.1) is 12.6 Å². The number of quaternary nitrogens is 2. The van der Waals surface area contributed by atoms with Crippen LogP contribution in [0.3, 0.4) is 0 Å². The van der Waals surface area contributed by atoms with Crippen LogP contribution < -0.4 is 9.80 Å². The molecular weight excluding hydrogens is 288 g/mol. The molecule has 1 aliphatic carbocycles.